The zero-order chi connectivity index (χ0) is 13.0. The van der Waals surface area contributed by atoms with Gasteiger partial charge in [-0.25, -0.2) is 0 Å². The van der Waals surface area contributed by atoms with Crippen molar-refractivity contribution in [3.05, 3.63) is 29.8 Å². The second-order valence-electron chi connectivity index (χ2n) is 5.72. The van der Waals surface area contributed by atoms with E-state index in [9.17, 15) is 0 Å². The summed E-state index contributed by atoms with van der Waals surface area (Å²) in [4.78, 5) is 2.38. The van der Waals surface area contributed by atoms with Crippen LogP contribution in [0.2, 0.25) is 0 Å². The van der Waals surface area contributed by atoms with Crippen LogP contribution in [0.4, 0.5) is 5.69 Å². The molecule has 18 heavy (non-hydrogen) atoms. The van der Waals surface area contributed by atoms with Gasteiger partial charge < -0.3 is 10.6 Å². The van der Waals surface area contributed by atoms with E-state index in [2.05, 4.69) is 43.1 Å². The molecule has 2 N–H and O–H groups in total. The molecule has 0 saturated heterocycles. The maximum absolute atomic E-state index is 5.98. The first-order chi connectivity index (χ1) is 8.69. The molecule has 100 valence electrons. The van der Waals surface area contributed by atoms with Gasteiger partial charge in [0, 0.05) is 25.3 Å². The van der Waals surface area contributed by atoms with Crippen molar-refractivity contribution in [2.24, 2.45) is 11.7 Å². The highest BCUT2D eigenvalue weighted by Crippen LogP contribution is 2.28. The van der Waals surface area contributed by atoms with Crippen LogP contribution >= 0.6 is 0 Å². The lowest BCUT2D eigenvalue weighted by Gasteiger charge is -2.31. The van der Waals surface area contributed by atoms with Gasteiger partial charge in [0.15, 0.2) is 0 Å². The Morgan fingerprint density at radius 3 is 2.44 bits per heavy atom. The lowest BCUT2D eigenvalue weighted by molar-refractivity contribution is 0.321. The molecule has 0 heterocycles. The Bertz CT molecular complexity index is 354. The Balaban J connectivity index is 1.89. The predicted molar refractivity (Wildman–Crippen MR) is 79.0 cm³/mol. The zero-order valence-electron chi connectivity index (χ0n) is 11.7. The van der Waals surface area contributed by atoms with Gasteiger partial charge >= 0.3 is 0 Å². The van der Waals surface area contributed by atoms with Crippen molar-refractivity contribution in [2.45, 2.75) is 45.1 Å². The zero-order valence-corrected chi connectivity index (χ0v) is 11.7. The highest BCUT2D eigenvalue weighted by molar-refractivity contribution is 5.47. The fourth-order valence-corrected chi connectivity index (χ4v) is 2.50. The van der Waals surface area contributed by atoms with E-state index in [0.717, 1.165) is 18.8 Å². The van der Waals surface area contributed by atoms with Crippen LogP contribution in [-0.2, 0) is 6.42 Å². The topological polar surface area (TPSA) is 29.3 Å². The molecule has 0 aliphatic heterocycles. The average molecular weight is 246 g/mol. The molecule has 0 spiro atoms. The van der Waals surface area contributed by atoms with Gasteiger partial charge in [-0.05, 0) is 49.3 Å². The normalized spacial score (nSPS) is 17.3. The standard InChI is InChI=1S/C16H26N2/c1-3-15(17)11-13-7-9-16(10-8-13)18(2)12-14-5-4-6-14/h7-10,14-15H,3-6,11-12,17H2,1-2H3. The third kappa shape index (κ3) is 3.49. The van der Waals surface area contributed by atoms with Crippen molar-refractivity contribution in [3.8, 4) is 0 Å². The van der Waals surface area contributed by atoms with Gasteiger partial charge in [0.2, 0.25) is 0 Å². The summed E-state index contributed by atoms with van der Waals surface area (Å²) in [6.07, 6.45) is 6.28. The average Bonchev–Trinajstić information content (AvgIpc) is 2.34. The van der Waals surface area contributed by atoms with Crippen molar-refractivity contribution in [1.29, 1.82) is 0 Å². The Morgan fingerprint density at radius 2 is 1.94 bits per heavy atom. The van der Waals surface area contributed by atoms with Crippen LogP contribution in [0.1, 0.15) is 38.2 Å². The van der Waals surface area contributed by atoms with Gasteiger partial charge in [0.05, 0.1) is 0 Å². The van der Waals surface area contributed by atoms with Gasteiger partial charge in [0.25, 0.3) is 0 Å². The molecule has 1 fully saturated rings. The third-order valence-corrected chi connectivity index (χ3v) is 4.16. The number of nitrogens with two attached hydrogens (primary N) is 1. The second kappa shape index (κ2) is 6.24. The monoisotopic (exact) mass is 246 g/mol. The molecule has 2 rings (SSSR count). The maximum Gasteiger partial charge on any atom is 0.0363 e. The molecule has 2 heteroatoms. The summed E-state index contributed by atoms with van der Waals surface area (Å²) in [6.45, 7) is 3.35. The third-order valence-electron chi connectivity index (χ3n) is 4.16. The minimum Gasteiger partial charge on any atom is -0.374 e. The summed E-state index contributed by atoms with van der Waals surface area (Å²) in [7, 11) is 2.20. The van der Waals surface area contributed by atoms with Crippen LogP contribution in [0.25, 0.3) is 0 Å². The summed E-state index contributed by atoms with van der Waals surface area (Å²) in [5, 5.41) is 0. The predicted octanol–water partition coefficient (Wildman–Crippen LogP) is 3.20. The summed E-state index contributed by atoms with van der Waals surface area (Å²) >= 11 is 0. The molecule has 1 aliphatic carbocycles. The molecule has 0 aromatic heterocycles. The molecule has 1 aromatic carbocycles. The van der Waals surface area contributed by atoms with Gasteiger partial charge in [-0.2, -0.15) is 0 Å². The van der Waals surface area contributed by atoms with Crippen LogP contribution in [0.5, 0.6) is 0 Å². The van der Waals surface area contributed by atoms with Crippen molar-refractivity contribution >= 4 is 5.69 Å². The number of hydrogen-bond acceptors (Lipinski definition) is 2. The van der Waals surface area contributed by atoms with Crippen molar-refractivity contribution in [2.75, 3.05) is 18.5 Å². The van der Waals surface area contributed by atoms with Crippen LogP contribution in [0.3, 0.4) is 0 Å². The maximum atomic E-state index is 5.98. The Labute approximate surface area is 111 Å². The first-order valence-electron chi connectivity index (χ1n) is 7.24. The molecule has 0 bridgehead atoms. The minimum atomic E-state index is 0.295. The molecule has 1 aromatic rings. The number of nitrogens with zero attached hydrogens (tertiary/aromatic N) is 1. The molecule has 2 nitrogen and oxygen atoms in total. The Hall–Kier alpha value is -1.02. The Kier molecular flexibility index (Phi) is 4.65. The smallest absolute Gasteiger partial charge is 0.0363 e. The van der Waals surface area contributed by atoms with Crippen molar-refractivity contribution < 1.29 is 0 Å². The van der Waals surface area contributed by atoms with E-state index in [4.69, 9.17) is 5.73 Å². The van der Waals surface area contributed by atoms with E-state index in [-0.39, 0.29) is 0 Å². The fraction of sp³-hybridized carbons (Fsp3) is 0.625. The van der Waals surface area contributed by atoms with Crippen LogP contribution < -0.4 is 10.6 Å². The van der Waals surface area contributed by atoms with E-state index in [0.29, 0.717) is 6.04 Å². The van der Waals surface area contributed by atoms with Gasteiger partial charge in [-0.1, -0.05) is 25.5 Å². The number of rotatable bonds is 6. The van der Waals surface area contributed by atoms with Gasteiger partial charge in [0.1, 0.15) is 0 Å². The van der Waals surface area contributed by atoms with Crippen molar-refractivity contribution in [1.82, 2.24) is 0 Å². The van der Waals surface area contributed by atoms with Gasteiger partial charge in [-0.15, -0.1) is 0 Å². The largest absolute Gasteiger partial charge is 0.374 e. The van der Waals surface area contributed by atoms with E-state index in [1.165, 1.54) is 37.1 Å². The molecule has 0 radical (unpaired) electrons. The fourth-order valence-electron chi connectivity index (χ4n) is 2.50. The first kappa shape index (κ1) is 13.4. The first-order valence-corrected chi connectivity index (χ1v) is 7.24. The summed E-state index contributed by atoms with van der Waals surface area (Å²) in [6, 6.07) is 9.21. The number of benzene rings is 1. The lowest BCUT2D eigenvalue weighted by atomic mass is 9.85. The second-order valence-corrected chi connectivity index (χ2v) is 5.72. The molecule has 1 saturated carbocycles. The molecular formula is C16H26N2. The minimum absolute atomic E-state index is 0.295. The highest BCUT2D eigenvalue weighted by atomic mass is 15.1. The Morgan fingerprint density at radius 1 is 1.28 bits per heavy atom. The molecule has 1 aliphatic rings. The van der Waals surface area contributed by atoms with E-state index >= 15 is 0 Å². The van der Waals surface area contributed by atoms with Crippen molar-refractivity contribution in [3.63, 3.8) is 0 Å². The highest BCUT2D eigenvalue weighted by Gasteiger charge is 2.19. The summed E-state index contributed by atoms with van der Waals surface area (Å²) in [5.74, 6) is 0.920. The number of hydrogen-bond donors (Lipinski definition) is 1. The van der Waals surface area contributed by atoms with Gasteiger partial charge in [-0.3, -0.25) is 0 Å². The van der Waals surface area contributed by atoms with E-state index in [1.807, 2.05) is 0 Å². The lowest BCUT2D eigenvalue weighted by Crippen LogP contribution is -2.29. The summed E-state index contributed by atoms with van der Waals surface area (Å²) in [5.41, 5.74) is 8.67. The quantitative estimate of drug-likeness (QED) is 0.835. The van der Waals surface area contributed by atoms with E-state index in [1.54, 1.807) is 0 Å². The molecular weight excluding hydrogens is 220 g/mol. The molecule has 1 atom stereocenters. The molecule has 1 unspecified atom stereocenters. The number of anilines is 1. The van der Waals surface area contributed by atoms with Crippen LogP contribution in [0, 0.1) is 5.92 Å². The van der Waals surface area contributed by atoms with E-state index < -0.39 is 0 Å². The van der Waals surface area contributed by atoms with Crippen LogP contribution in [0.15, 0.2) is 24.3 Å². The molecule has 0 amide bonds. The SMILES string of the molecule is CCC(N)Cc1ccc(N(C)CC2CCC2)cc1. The summed E-state index contributed by atoms with van der Waals surface area (Å²) < 4.78 is 0. The van der Waals surface area contributed by atoms with Crippen LogP contribution in [-0.4, -0.2) is 19.6 Å².